The van der Waals surface area contributed by atoms with Crippen molar-refractivity contribution in [2.24, 2.45) is 0 Å². The fourth-order valence-corrected chi connectivity index (χ4v) is 3.71. The quantitative estimate of drug-likeness (QED) is 0.110. The summed E-state index contributed by atoms with van der Waals surface area (Å²) >= 11 is 0. The number of benzene rings is 1. The van der Waals surface area contributed by atoms with Gasteiger partial charge in [-0.1, -0.05) is 26.2 Å². The van der Waals surface area contributed by atoms with Crippen molar-refractivity contribution in [2.45, 2.75) is 90.4 Å². The zero-order valence-corrected chi connectivity index (χ0v) is 25.8. The summed E-state index contributed by atoms with van der Waals surface area (Å²) in [5.74, 6) is -1.94. The van der Waals surface area contributed by atoms with Gasteiger partial charge in [-0.15, -0.1) is 0 Å². The molecule has 0 saturated carbocycles. The molecule has 0 heterocycles. The molecule has 244 valence electrons. The van der Waals surface area contributed by atoms with E-state index in [9.17, 15) is 19.2 Å². The van der Waals surface area contributed by atoms with Gasteiger partial charge in [0.15, 0.2) is 11.5 Å². The predicted molar refractivity (Wildman–Crippen MR) is 161 cm³/mol. The molecule has 3 amide bonds. The molecule has 0 unspecified atom stereocenters. The summed E-state index contributed by atoms with van der Waals surface area (Å²) < 4.78 is 21.5. The molecule has 0 radical (unpaired) electrons. The van der Waals surface area contributed by atoms with Crippen LogP contribution in [0.5, 0.6) is 17.2 Å². The fraction of sp³-hybridized carbons (Fsp3) is 0.581. The van der Waals surface area contributed by atoms with Crippen LogP contribution in [0.15, 0.2) is 12.1 Å². The number of carbonyl (C=O) groups excluding carboxylic acids is 4. The average molecular weight is 627 g/mol. The van der Waals surface area contributed by atoms with E-state index in [0.29, 0.717) is 83.5 Å². The Balaban J connectivity index is 3.20. The second-order valence-corrected chi connectivity index (χ2v) is 9.79. The molecule has 0 atom stereocenters. The van der Waals surface area contributed by atoms with Crippen molar-refractivity contribution >= 4 is 24.2 Å². The van der Waals surface area contributed by atoms with Gasteiger partial charge in [-0.2, -0.15) is 15.8 Å². The third-order valence-electron chi connectivity index (χ3n) is 6.00. The minimum Gasteiger partial charge on any atom is -0.462 e. The number of hydrogen-bond acceptors (Lipinski definition) is 11. The van der Waals surface area contributed by atoms with Gasteiger partial charge in [-0.3, -0.25) is 0 Å². The van der Waals surface area contributed by atoms with Crippen molar-refractivity contribution in [3.8, 4) is 35.5 Å². The number of nitrogens with one attached hydrogen (secondary N) is 3. The Labute approximate surface area is 263 Å². The van der Waals surface area contributed by atoms with Crippen molar-refractivity contribution in [1.82, 2.24) is 16.0 Å². The van der Waals surface area contributed by atoms with Crippen molar-refractivity contribution in [2.75, 3.05) is 26.2 Å². The molecule has 0 saturated heterocycles. The first-order valence-electron chi connectivity index (χ1n) is 15.2. The normalized spacial score (nSPS) is 9.91. The van der Waals surface area contributed by atoms with E-state index >= 15 is 0 Å². The minimum absolute atomic E-state index is 0.110. The van der Waals surface area contributed by atoms with Crippen molar-refractivity contribution in [3.05, 3.63) is 17.7 Å². The summed E-state index contributed by atoms with van der Waals surface area (Å²) in [4.78, 5) is 50.7. The Hall–Kier alpha value is -5.03. The Bertz CT molecular complexity index is 1160. The Kier molecular flexibility index (Phi) is 20.6. The lowest BCUT2D eigenvalue weighted by Crippen LogP contribution is -2.31. The lowest BCUT2D eigenvalue weighted by Gasteiger charge is -2.17. The van der Waals surface area contributed by atoms with Crippen LogP contribution in [0.2, 0.25) is 0 Å². The van der Waals surface area contributed by atoms with Crippen LogP contribution >= 0.6 is 0 Å². The van der Waals surface area contributed by atoms with Crippen LogP contribution in [-0.2, 0) is 4.74 Å². The van der Waals surface area contributed by atoms with Gasteiger partial charge in [0.1, 0.15) is 0 Å². The van der Waals surface area contributed by atoms with Gasteiger partial charge in [0.25, 0.3) is 0 Å². The molecule has 0 aliphatic heterocycles. The highest BCUT2D eigenvalue weighted by atomic mass is 16.6. The predicted octanol–water partition coefficient (Wildman–Crippen LogP) is 5.77. The van der Waals surface area contributed by atoms with Crippen molar-refractivity contribution < 1.29 is 38.1 Å². The van der Waals surface area contributed by atoms with Gasteiger partial charge in [0.05, 0.1) is 30.4 Å². The average Bonchev–Trinajstić information content (AvgIpc) is 3.02. The topological polar surface area (TPSA) is 213 Å². The first-order chi connectivity index (χ1) is 21.9. The highest BCUT2D eigenvalue weighted by molar-refractivity contribution is 5.92. The van der Waals surface area contributed by atoms with Crippen LogP contribution < -0.4 is 30.2 Å². The Morgan fingerprint density at radius 2 is 1.02 bits per heavy atom. The minimum atomic E-state index is -0.929. The SMILES string of the molecule is CCCOC(=O)c1cc(OC(=O)NCCCCCC#N)c(OC(=O)NCCCCCC#N)c(OC(=O)NCCCCCC#N)c1. The number of nitrogens with zero attached hydrogens (tertiary/aromatic N) is 3. The van der Waals surface area contributed by atoms with E-state index < -0.39 is 30.0 Å². The number of ether oxygens (including phenoxy) is 4. The Morgan fingerprint density at radius 3 is 1.40 bits per heavy atom. The monoisotopic (exact) mass is 626 g/mol. The van der Waals surface area contributed by atoms with E-state index in [-0.39, 0.29) is 43.3 Å². The molecule has 0 aliphatic carbocycles. The maximum Gasteiger partial charge on any atom is 0.412 e. The first-order valence-corrected chi connectivity index (χ1v) is 15.2. The molecule has 0 bridgehead atoms. The second-order valence-electron chi connectivity index (χ2n) is 9.79. The van der Waals surface area contributed by atoms with Crippen LogP contribution in [-0.4, -0.2) is 50.5 Å². The standard InChI is InChI=1S/C31H42N6O8/c1-2-21-42-28(38)24-22-25(43-29(39)35-18-12-6-3-9-15-32)27(45-31(41)37-20-14-8-5-11-17-34)26(23-24)44-30(40)36-19-13-7-4-10-16-33/h22-23H,2-14,18-21H2,1H3,(H,35,39)(H,36,40)(H,37,41). The van der Waals surface area contributed by atoms with Crippen molar-refractivity contribution in [1.29, 1.82) is 15.8 Å². The molecule has 0 aliphatic rings. The molecule has 14 nitrogen and oxygen atoms in total. The van der Waals surface area contributed by atoms with Crippen LogP contribution in [0.1, 0.15) is 101 Å². The summed E-state index contributed by atoms with van der Waals surface area (Å²) in [6.45, 7) is 2.64. The molecule has 1 aromatic rings. The van der Waals surface area contributed by atoms with Crippen LogP contribution in [0.3, 0.4) is 0 Å². The van der Waals surface area contributed by atoms with Gasteiger partial charge >= 0.3 is 24.2 Å². The molecule has 1 rings (SSSR count). The number of carbonyl (C=O) groups is 4. The summed E-state index contributed by atoms with van der Waals surface area (Å²) in [7, 11) is 0. The largest absolute Gasteiger partial charge is 0.462 e. The molecule has 0 aromatic heterocycles. The first kappa shape index (κ1) is 38.0. The summed E-state index contributed by atoms with van der Waals surface area (Å²) in [6.07, 6.45) is 4.95. The zero-order valence-electron chi connectivity index (χ0n) is 25.8. The number of amides is 3. The molecule has 0 spiro atoms. The summed E-state index contributed by atoms with van der Waals surface area (Å²) in [6, 6.07) is 8.46. The van der Waals surface area contributed by atoms with Crippen LogP contribution in [0.4, 0.5) is 14.4 Å². The third kappa shape index (κ3) is 17.6. The molecule has 45 heavy (non-hydrogen) atoms. The van der Waals surface area contributed by atoms with Gasteiger partial charge in [-0.25, -0.2) is 19.2 Å². The molecule has 3 N–H and O–H groups in total. The molecule has 1 aromatic carbocycles. The Morgan fingerprint density at radius 1 is 0.622 bits per heavy atom. The number of hydrogen-bond donors (Lipinski definition) is 3. The number of nitriles is 3. The molecular formula is C31H42N6O8. The van der Waals surface area contributed by atoms with Crippen LogP contribution in [0, 0.1) is 34.0 Å². The van der Waals surface area contributed by atoms with E-state index in [1.807, 2.05) is 6.92 Å². The van der Waals surface area contributed by atoms with Crippen molar-refractivity contribution in [3.63, 3.8) is 0 Å². The third-order valence-corrected chi connectivity index (χ3v) is 6.00. The highest BCUT2D eigenvalue weighted by Crippen LogP contribution is 2.39. The van der Waals surface area contributed by atoms with Crippen LogP contribution in [0.25, 0.3) is 0 Å². The van der Waals surface area contributed by atoms with Gasteiger partial charge in [0, 0.05) is 38.9 Å². The van der Waals surface area contributed by atoms with E-state index in [2.05, 4.69) is 34.2 Å². The van der Waals surface area contributed by atoms with E-state index in [4.69, 9.17) is 34.7 Å². The number of rotatable bonds is 21. The van der Waals surface area contributed by atoms with E-state index in [1.165, 1.54) is 0 Å². The van der Waals surface area contributed by atoms with E-state index in [1.54, 1.807) is 0 Å². The fourth-order valence-electron chi connectivity index (χ4n) is 3.71. The lowest BCUT2D eigenvalue weighted by atomic mass is 10.2. The second kappa shape index (κ2) is 24.4. The maximum atomic E-state index is 12.7. The smallest absolute Gasteiger partial charge is 0.412 e. The van der Waals surface area contributed by atoms with E-state index in [0.717, 1.165) is 12.1 Å². The van der Waals surface area contributed by atoms with Gasteiger partial charge in [0.2, 0.25) is 5.75 Å². The lowest BCUT2D eigenvalue weighted by molar-refractivity contribution is 0.0504. The highest BCUT2D eigenvalue weighted by Gasteiger charge is 2.25. The zero-order chi connectivity index (χ0) is 33.1. The summed E-state index contributed by atoms with van der Waals surface area (Å²) in [5, 5.41) is 33.6. The molecule has 14 heteroatoms. The number of unbranched alkanes of at least 4 members (excludes halogenated alkanes) is 9. The molecular weight excluding hydrogens is 584 g/mol. The number of esters is 1. The maximum absolute atomic E-state index is 12.7. The van der Waals surface area contributed by atoms with Gasteiger partial charge in [-0.05, 0) is 57.1 Å². The summed E-state index contributed by atoms with van der Waals surface area (Å²) in [5.41, 5.74) is -0.118. The molecule has 0 fully saturated rings. The van der Waals surface area contributed by atoms with Gasteiger partial charge < -0.3 is 34.9 Å².